The van der Waals surface area contributed by atoms with Crippen LogP contribution in [0.2, 0.25) is 0 Å². The Bertz CT molecular complexity index is 1880. The fraction of sp³-hybridized carbons (Fsp3) is 0.333. The van der Waals surface area contributed by atoms with Gasteiger partial charge in [-0.2, -0.15) is 5.01 Å². The topological polar surface area (TPSA) is 125 Å². The lowest BCUT2D eigenvalue weighted by atomic mass is 9.50. The molecular weight excluding hydrogens is 622 g/mol. The van der Waals surface area contributed by atoms with Crippen LogP contribution in [-0.4, -0.2) is 59.4 Å². The molecule has 49 heavy (non-hydrogen) atoms. The van der Waals surface area contributed by atoms with Gasteiger partial charge in [-0.1, -0.05) is 71.8 Å². The zero-order chi connectivity index (χ0) is 34.6. The third-order valence-corrected chi connectivity index (χ3v) is 10.8. The van der Waals surface area contributed by atoms with Crippen molar-refractivity contribution in [1.82, 2.24) is 9.91 Å². The number of allylic oxidation sites excluding steroid dienone is 3. The van der Waals surface area contributed by atoms with Crippen LogP contribution in [0.25, 0.3) is 6.08 Å². The fourth-order valence-corrected chi connectivity index (χ4v) is 8.59. The predicted octanol–water partition coefficient (Wildman–Crippen LogP) is 5.27. The molecule has 6 unspecified atom stereocenters. The van der Waals surface area contributed by atoms with Gasteiger partial charge in [-0.25, -0.2) is 0 Å². The number of carbonyl (C=O) groups is 4. The summed E-state index contributed by atoms with van der Waals surface area (Å²) < 4.78 is 10.8. The third-order valence-electron chi connectivity index (χ3n) is 10.8. The van der Waals surface area contributed by atoms with Crippen molar-refractivity contribution in [2.45, 2.75) is 32.1 Å². The molecule has 1 saturated carbocycles. The Morgan fingerprint density at radius 2 is 1.59 bits per heavy atom. The quantitative estimate of drug-likeness (QED) is 0.247. The molecular formula is C39H39N3O7. The number of hydrogen-bond acceptors (Lipinski definition) is 8. The van der Waals surface area contributed by atoms with E-state index in [4.69, 9.17) is 9.47 Å². The minimum atomic E-state index is -1.36. The van der Waals surface area contributed by atoms with E-state index in [1.165, 1.54) is 19.1 Å². The number of phenols is 1. The molecule has 2 aliphatic heterocycles. The SMILES string of the molecule is CCN1C(=O)C2CC=C3C(CC4C(=O)N(Nc5ccc(C)cc5)C(=O)C4(c4ccccc4)C3C=Cc3cc(OC)c(O)c(OC)c3)C2C1=O. The summed E-state index contributed by atoms with van der Waals surface area (Å²) in [5.74, 6) is -3.93. The molecule has 7 rings (SSSR count). The number of fused-ring (bicyclic) bond motifs is 4. The molecule has 2 heterocycles. The van der Waals surface area contributed by atoms with Gasteiger partial charge in [0.25, 0.3) is 11.8 Å². The Kier molecular flexibility index (Phi) is 8.05. The molecule has 0 radical (unpaired) electrons. The number of hydrogen-bond donors (Lipinski definition) is 2. The molecule has 6 atom stereocenters. The molecule has 2 N–H and O–H groups in total. The first-order valence-electron chi connectivity index (χ1n) is 16.6. The number of amides is 4. The van der Waals surface area contributed by atoms with Gasteiger partial charge in [0.05, 0.1) is 43.1 Å². The molecule has 0 aromatic heterocycles. The number of imide groups is 2. The summed E-state index contributed by atoms with van der Waals surface area (Å²) in [4.78, 5) is 58.3. The van der Waals surface area contributed by atoms with Crippen molar-refractivity contribution in [3.63, 3.8) is 0 Å². The van der Waals surface area contributed by atoms with Crippen molar-refractivity contribution in [2.24, 2.45) is 29.6 Å². The van der Waals surface area contributed by atoms with Crippen LogP contribution >= 0.6 is 0 Å². The van der Waals surface area contributed by atoms with E-state index in [2.05, 4.69) is 5.43 Å². The van der Waals surface area contributed by atoms with Gasteiger partial charge in [0.2, 0.25) is 17.6 Å². The summed E-state index contributed by atoms with van der Waals surface area (Å²) in [5, 5.41) is 11.7. The van der Waals surface area contributed by atoms with Crippen LogP contribution in [0.1, 0.15) is 36.5 Å². The number of rotatable bonds is 8. The number of benzene rings is 3. The normalized spacial score (nSPS) is 27.6. The lowest BCUT2D eigenvalue weighted by molar-refractivity contribution is -0.141. The summed E-state index contributed by atoms with van der Waals surface area (Å²) in [7, 11) is 2.90. The molecule has 252 valence electrons. The van der Waals surface area contributed by atoms with Gasteiger partial charge in [0.15, 0.2) is 11.5 Å². The van der Waals surface area contributed by atoms with Crippen LogP contribution in [0.15, 0.2) is 84.5 Å². The molecule has 2 aliphatic carbocycles. The van der Waals surface area contributed by atoms with Crippen LogP contribution in [0.4, 0.5) is 5.69 Å². The number of nitrogens with zero attached hydrogens (tertiary/aromatic N) is 2. The van der Waals surface area contributed by atoms with E-state index in [-0.39, 0.29) is 47.9 Å². The van der Waals surface area contributed by atoms with Gasteiger partial charge in [-0.3, -0.25) is 29.5 Å². The largest absolute Gasteiger partial charge is 0.502 e. The molecule has 0 spiro atoms. The number of hydrazine groups is 1. The van der Waals surface area contributed by atoms with E-state index in [1.807, 2.05) is 79.7 Å². The summed E-state index contributed by atoms with van der Waals surface area (Å²) in [5.41, 5.74) is 5.57. The van der Waals surface area contributed by atoms with Crippen LogP contribution in [0.5, 0.6) is 17.2 Å². The highest BCUT2D eigenvalue weighted by Crippen LogP contribution is 2.61. The minimum absolute atomic E-state index is 0.138. The van der Waals surface area contributed by atoms with Crippen molar-refractivity contribution in [2.75, 3.05) is 26.2 Å². The Balaban J connectivity index is 1.42. The fourth-order valence-electron chi connectivity index (χ4n) is 8.59. The number of methoxy groups -OCH3 is 2. The van der Waals surface area contributed by atoms with Gasteiger partial charge in [-0.15, -0.1) is 0 Å². The maximum atomic E-state index is 15.1. The van der Waals surface area contributed by atoms with Gasteiger partial charge in [0.1, 0.15) is 0 Å². The number of carbonyl (C=O) groups excluding carboxylic acids is 4. The summed E-state index contributed by atoms with van der Waals surface area (Å²) in [6, 6.07) is 20.2. The van der Waals surface area contributed by atoms with Crippen molar-refractivity contribution < 1.29 is 33.8 Å². The second-order valence-electron chi connectivity index (χ2n) is 13.2. The molecule has 10 nitrogen and oxygen atoms in total. The number of nitrogens with one attached hydrogen (secondary N) is 1. The first-order chi connectivity index (χ1) is 23.6. The summed E-state index contributed by atoms with van der Waals surface area (Å²) in [6.45, 7) is 4.04. The number of ether oxygens (including phenoxy) is 2. The van der Waals surface area contributed by atoms with Crippen molar-refractivity contribution in [1.29, 1.82) is 0 Å². The predicted molar refractivity (Wildman–Crippen MR) is 182 cm³/mol. The van der Waals surface area contributed by atoms with E-state index >= 15 is 4.79 Å². The average molecular weight is 662 g/mol. The molecule has 3 fully saturated rings. The number of phenolic OH excluding ortho intramolecular Hbond substituents is 1. The Hall–Kier alpha value is -5.38. The first-order valence-corrected chi connectivity index (χ1v) is 16.6. The van der Waals surface area contributed by atoms with E-state index < -0.39 is 40.9 Å². The van der Waals surface area contributed by atoms with E-state index in [0.29, 0.717) is 23.2 Å². The number of aromatic hydroxyl groups is 1. The van der Waals surface area contributed by atoms with Gasteiger partial charge in [0, 0.05) is 12.5 Å². The maximum Gasteiger partial charge on any atom is 0.260 e. The third kappa shape index (κ3) is 4.83. The highest BCUT2D eigenvalue weighted by atomic mass is 16.5. The van der Waals surface area contributed by atoms with Crippen molar-refractivity contribution in [3.05, 3.63) is 101 Å². The molecule has 0 bridgehead atoms. The molecule has 3 aromatic carbocycles. The Morgan fingerprint density at radius 3 is 2.22 bits per heavy atom. The standard InChI is InChI=1S/C39H39N3O7/c1-5-41-35(44)27-17-16-26-28(33(27)37(41)46)21-30-36(45)42(40-25-14-11-22(2)12-15-25)38(47)39(30,24-9-7-6-8-10-24)29(26)18-13-23-19-31(48-3)34(43)32(20-23)49-4/h6-16,18-20,27-30,33,40,43H,5,17,21H2,1-4H3. The van der Waals surface area contributed by atoms with Crippen molar-refractivity contribution in [3.8, 4) is 17.2 Å². The highest BCUT2D eigenvalue weighted by Gasteiger charge is 2.69. The molecule has 3 aromatic rings. The van der Waals surface area contributed by atoms with Crippen molar-refractivity contribution >= 4 is 35.4 Å². The number of aryl methyl sites for hydroxylation is 1. The highest BCUT2D eigenvalue weighted by molar-refractivity contribution is 6.13. The Morgan fingerprint density at radius 1 is 0.918 bits per heavy atom. The Labute approximate surface area is 285 Å². The van der Waals surface area contributed by atoms with Gasteiger partial charge < -0.3 is 14.6 Å². The smallest absolute Gasteiger partial charge is 0.260 e. The summed E-state index contributed by atoms with van der Waals surface area (Å²) in [6.07, 6.45) is 6.38. The maximum absolute atomic E-state index is 15.1. The van der Waals surface area contributed by atoms with Gasteiger partial charge in [-0.05, 0) is 68.0 Å². The molecule has 2 saturated heterocycles. The first kappa shape index (κ1) is 32.2. The molecule has 4 aliphatic rings. The summed E-state index contributed by atoms with van der Waals surface area (Å²) >= 11 is 0. The zero-order valence-corrected chi connectivity index (χ0v) is 27.9. The van der Waals surface area contributed by atoms with Crippen LogP contribution in [-0.2, 0) is 24.6 Å². The second-order valence-corrected chi connectivity index (χ2v) is 13.2. The van der Waals surface area contributed by atoms with E-state index in [0.717, 1.165) is 16.1 Å². The minimum Gasteiger partial charge on any atom is -0.502 e. The lowest BCUT2D eigenvalue weighted by Gasteiger charge is -2.49. The lowest BCUT2D eigenvalue weighted by Crippen LogP contribution is -2.54. The molecule has 10 heteroatoms. The second kappa shape index (κ2) is 12.3. The number of likely N-dealkylation sites (tertiary alicyclic amines) is 1. The van der Waals surface area contributed by atoms with E-state index in [1.54, 1.807) is 19.1 Å². The average Bonchev–Trinajstić information content (AvgIpc) is 3.49. The monoisotopic (exact) mass is 661 g/mol. The van der Waals surface area contributed by atoms with Gasteiger partial charge >= 0.3 is 0 Å². The van der Waals surface area contributed by atoms with Crippen LogP contribution in [0, 0.1) is 36.5 Å². The molecule has 4 amide bonds. The van der Waals surface area contributed by atoms with E-state index in [9.17, 15) is 19.5 Å². The zero-order valence-electron chi connectivity index (χ0n) is 27.9. The van der Waals surface area contributed by atoms with Crippen LogP contribution in [0.3, 0.4) is 0 Å². The number of anilines is 1. The van der Waals surface area contributed by atoms with Crippen LogP contribution < -0.4 is 14.9 Å².